The Morgan fingerprint density at radius 3 is 2.68 bits per heavy atom. The Morgan fingerprint density at radius 1 is 1.21 bits per heavy atom. The molecule has 0 amide bonds. The summed E-state index contributed by atoms with van der Waals surface area (Å²) in [6, 6.07) is 3.80. The lowest BCUT2D eigenvalue weighted by molar-refractivity contribution is 0.588. The summed E-state index contributed by atoms with van der Waals surface area (Å²) < 4.78 is 29.1. The van der Waals surface area contributed by atoms with E-state index >= 15 is 0 Å². The third kappa shape index (κ3) is 2.39. The molecule has 2 aromatic heterocycles. The van der Waals surface area contributed by atoms with Crippen LogP contribution < -0.4 is 0 Å². The van der Waals surface area contributed by atoms with Gasteiger partial charge in [-0.15, -0.1) is 11.3 Å². The van der Waals surface area contributed by atoms with Crippen LogP contribution in [0.2, 0.25) is 0 Å². The first-order valence-electron chi connectivity index (χ1n) is 5.58. The molecule has 3 aromatic rings. The number of imidazole rings is 1. The lowest BCUT2D eigenvalue weighted by atomic mass is 10.1. The quantitative estimate of drug-likeness (QED) is 0.735. The van der Waals surface area contributed by atoms with Crippen molar-refractivity contribution in [1.82, 2.24) is 14.5 Å². The Hall–Kier alpha value is -2.08. The molecule has 0 saturated heterocycles. The summed E-state index contributed by atoms with van der Waals surface area (Å²) in [5.41, 5.74) is 0.256. The van der Waals surface area contributed by atoms with Crippen LogP contribution in [0.4, 0.5) is 8.78 Å². The number of aromatic nitrogens is 3. The number of hydrogen-bond donors (Lipinski definition) is 0. The van der Waals surface area contributed by atoms with Crippen molar-refractivity contribution in [1.29, 1.82) is 0 Å². The molecule has 0 spiro atoms. The van der Waals surface area contributed by atoms with Gasteiger partial charge in [0.1, 0.15) is 16.6 Å². The maximum absolute atomic E-state index is 13.6. The minimum absolute atomic E-state index is 0.0735. The van der Waals surface area contributed by atoms with Crippen molar-refractivity contribution in [2.45, 2.75) is 6.54 Å². The minimum Gasteiger partial charge on any atom is -0.331 e. The second kappa shape index (κ2) is 4.89. The van der Waals surface area contributed by atoms with Gasteiger partial charge in [-0.2, -0.15) is 0 Å². The topological polar surface area (TPSA) is 30.7 Å². The molecule has 0 aliphatic heterocycles. The molecule has 96 valence electrons. The molecule has 0 aliphatic rings. The number of halogens is 2. The van der Waals surface area contributed by atoms with E-state index in [1.807, 2.05) is 10.8 Å². The fourth-order valence-electron chi connectivity index (χ4n) is 1.78. The zero-order chi connectivity index (χ0) is 13.2. The first-order valence-corrected chi connectivity index (χ1v) is 6.46. The summed E-state index contributed by atoms with van der Waals surface area (Å²) >= 11 is 1.37. The third-order valence-corrected chi connectivity index (χ3v) is 3.48. The van der Waals surface area contributed by atoms with Crippen molar-refractivity contribution >= 4 is 11.3 Å². The zero-order valence-electron chi connectivity index (χ0n) is 9.75. The van der Waals surface area contributed by atoms with Crippen LogP contribution in [0, 0.1) is 11.6 Å². The Kier molecular flexibility index (Phi) is 3.08. The van der Waals surface area contributed by atoms with Crippen LogP contribution >= 0.6 is 11.3 Å². The SMILES string of the molecule is Fc1cccc(F)c1-c1csc(Cn2ccnc2)n1. The van der Waals surface area contributed by atoms with Gasteiger partial charge in [-0.1, -0.05) is 6.07 Å². The van der Waals surface area contributed by atoms with Crippen LogP contribution in [0.25, 0.3) is 11.3 Å². The molecule has 3 nitrogen and oxygen atoms in total. The molecular weight excluding hydrogens is 268 g/mol. The molecule has 0 aliphatic carbocycles. The van der Waals surface area contributed by atoms with Gasteiger partial charge in [0.25, 0.3) is 0 Å². The van der Waals surface area contributed by atoms with Crippen molar-refractivity contribution in [2.75, 3.05) is 0 Å². The summed E-state index contributed by atoms with van der Waals surface area (Å²) in [7, 11) is 0. The zero-order valence-corrected chi connectivity index (χ0v) is 10.6. The van der Waals surface area contributed by atoms with Crippen molar-refractivity contribution in [3.63, 3.8) is 0 Å². The molecule has 19 heavy (non-hydrogen) atoms. The Labute approximate surface area is 112 Å². The highest BCUT2D eigenvalue weighted by molar-refractivity contribution is 7.09. The van der Waals surface area contributed by atoms with Gasteiger partial charge in [0, 0.05) is 17.8 Å². The number of hydrogen-bond acceptors (Lipinski definition) is 3. The first-order chi connectivity index (χ1) is 9.24. The molecule has 2 heterocycles. The standard InChI is InChI=1S/C13H9F2N3S/c14-9-2-1-3-10(15)13(9)11-7-19-12(17-11)6-18-5-4-16-8-18/h1-5,7-8H,6H2. The molecule has 3 rings (SSSR count). The number of nitrogens with zero attached hydrogens (tertiary/aromatic N) is 3. The van der Waals surface area contributed by atoms with E-state index < -0.39 is 11.6 Å². The molecule has 0 saturated carbocycles. The summed E-state index contributed by atoms with van der Waals surface area (Å²) in [4.78, 5) is 8.20. The van der Waals surface area contributed by atoms with Gasteiger partial charge in [-0.25, -0.2) is 18.7 Å². The van der Waals surface area contributed by atoms with Crippen molar-refractivity contribution in [3.05, 3.63) is 58.9 Å². The van der Waals surface area contributed by atoms with Gasteiger partial charge >= 0.3 is 0 Å². The highest BCUT2D eigenvalue weighted by Gasteiger charge is 2.14. The van der Waals surface area contributed by atoms with Crippen LogP contribution in [-0.4, -0.2) is 14.5 Å². The summed E-state index contributed by atoms with van der Waals surface area (Å²) in [5, 5.41) is 2.43. The van der Waals surface area contributed by atoms with Crippen LogP contribution in [0.15, 0.2) is 42.3 Å². The van der Waals surface area contributed by atoms with Crippen LogP contribution in [0.3, 0.4) is 0 Å². The fourth-order valence-corrected chi connectivity index (χ4v) is 2.57. The summed E-state index contributed by atoms with van der Waals surface area (Å²) in [5.74, 6) is -1.20. The molecular formula is C13H9F2N3S. The van der Waals surface area contributed by atoms with Crippen molar-refractivity contribution in [3.8, 4) is 11.3 Å². The van der Waals surface area contributed by atoms with Gasteiger partial charge in [-0.3, -0.25) is 0 Å². The van der Waals surface area contributed by atoms with Gasteiger partial charge in [0.05, 0.1) is 24.1 Å². The second-order valence-electron chi connectivity index (χ2n) is 3.96. The smallest absolute Gasteiger partial charge is 0.135 e. The Morgan fingerprint density at radius 2 is 2.00 bits per heavy atom. The largest absolute Gasteiger partial charge is 0.331 e. The maximum atomic E-state index is 13.6. The molecule has 0 unspecified atom stereocenters. The van der Waals surface area contributed by atoms with Gasteiger partial charge in [-0.05, 0) is 12.1 Å². The highest BCUT2D eigenvalue weighted by atomic mass is 32.1. The third-order valence-electron chi connectivity index (χ3n) is 2.65. The molecule has 0 fully saturated rings. The maximum Gasteiger partial charge on any atom is 0.135 e. The lowest BCUT2D eigenvalue weighted by Crippen LogP contribution is -1.96. The van der Waals surface area contributed by atoms with Crippen molar-refractivity contribution in [2.24, 2.45) is 0 Å². The molecule has 6 heteroatoms. The monoisotopic (exact) mass is 277 g/mol. The molecule has 0 N–H and O–H groups in total. The second-order valence-corrected chi connectivity index (χ2v) is 4.90. The van der Waals surface area contributed by atoms with E-state index in [2.05, 4.69) is 9.97 Å². The predicted octanol–water partition coefficient (Wildman–Crippen LogP) is 3.33. The van der Waals surface area contributed by atoms with E-state index in [4.69, 9.17) is 0 Å². The number of rotatable bonds is 3. The molecule has 0 bridgehead atoms. The Balaban J connectivity index is 1.93. The van der Waals surface area contributed by atoms with Crippen LogP contribution in [-0.2, 0) is 6.54 Å². The van der Waals surface area contributed by atoms with Crippen LogP contribution in [0.1, 0.15) is 5.01 Å². The van der Waals surface area contributed by atoms with Crippen LogP contribution in [0.5, 0.6) is 0 Å². The van der Waals surface area contributed by atoms with Crippen molar-refractivity contribution < 1.29 is 8.78 Å². The minimum atomic E-state index is -0.598. The number of benzene rings is 1. The molecule has 1 aromatic carbocycles. The number of thiazole rings is 1. The fraction of sp³-hybridized carbons (Fsp3) is 0.0769. The van der Waals surface area contributed by atoms with E-state index in [0.717, 1.165) is 5.01 Å². The normalized spacial score (nSPS) is 10.8. The summed E-state index contributed by atoms with van der Waals surface area (Å²) in [6.45, 7) is 0.542. The van der Waals surface area contributed by atoms with E-state index in [-0.39, 0.29) is 5.56 Å². The Bertz CT molecular complexity index is 671. The van der Waals surface area contributed by atoms with Gasteiger partial charge < -0.3 is 4.57 Å². The van der Waals surface area contributed by atoms with E-state index in [0.29, 0.717) is 12.2 Å². The average Bonchev–Trinajstić information content (AvgIpc) is 3.02. The first kappa shape index (κ1) is 12.0. The highest BCUT2D eigenvalue weighted by Crippen LogP contribution is 2.27. The van der Waals surface area contributed by atoms with Gasteiger partial charge in [0.2, 0.25) is 0 Å². The van der Waals surface area contributed by atoms with E-state index in [1.165, 1.54) is 29.5 Å². The van der Waals surface area contributed by atoms with E-state index in [1.54, 1.807) is 17.9 Å². The molecule has 0 atom stereocenters. The van der Waals surface area contributed by atoms with E-state index in [9.17, 15) is 8.78 Å². The lowest BCUT2D eigenvalue weighted by Gasteiger charge is -2.01. The summed E-state index contributed by atoms with van der Waals surface area (Å²) in [6.07, 6.45) is 5.15. The van der Waals surface area contributed by atoms with Gasteiger partial charge in [0.15, 0.2) is 0 Å². The average molecular weight is 277 g/mol. The predicted molar refractivity (Wildman–Crippen MR) is 68.8 cm³/mol. The molecule has 0 radical (unpaired) electrons.